The van der Waals surface area contributed by atoms with Gasteiger partial charge in [-0.15, -0.1) is 0 Å². The minimum Gasteiger partial charge on any atom is -0.326 e. The number of anilines is 1. The first-order valence-electron chi connectivity index (χ1n) is 8.78. The van der Waals surface area contributed by atoms with Crippen molar-refractivity contribution >= 4 is 27.5 Å². The van der Waals surface area contributed by atoms with Gasteiger partial charge in [-0.1, -0.05) is 45.4 Å². The molecule has 0 unspecified atom stereocenters. The first-order valence-corrected chi connectivity index (χ1v) is 10.3. The molecule has 1 rings (SSSR count). The van der Waals surface area contributed by atoms with Crippen molar-refractivity contribution in [3.05, 3.63) is 24.3 Å². The molecule has 0 saturated carbocycles. The predicted molar refractivity (Wildman–Crippen MR) is 98.7 cm³/mol. The molecule has 0 aliphatic carbocycles. The van der Waals surface area contributed by atoms with Crippen molar-refractivity contribution < 1.29 is 18.0 Å². The molecule has 25 heavy (non-hydrogen) atoms. The van der Waals surface area contributed by atoms with Gasteiger partial charge in [-0.05, 0) is 30.7 Å². The van der Waals surface area contributed by atoms with Crippen molar-refractivity contribution in [2.24, 2.45) is 0 Å². The summed E-state index contributed by atoms with van der Waals surface area (Å²) >= 11 is 0. The second-order valence-corrected chi connectivity index (χ2v) is 7.79. The molecule has 0 saturated heterocycles. The van der Waals surface area contributed by atoms with E-state index in [4.69, 9.17) is 0 Å². The zero-order valence-electron chi connectivity index (χ0n) is 15.0. The number of benzene rings is 1. The predicted octanol–water partition coefficient (Wildman–Crippen LogP) is 3.59. The van der Waals surface area contributed by atoms with Gasteiger partial charge in [0.25, 0.3) is 10.0 Å². The van der Waals surface area contributed by atoms with Crippen molar-refractivity contribution in [1.29, 1.82) is 0 Å². The average Bonchev–Trinajstić information content (AvgIpc) is 2.53. The molecule has 0 bridgehead atoms. The molecule has 1 aromatic rings. The van der Waals surface area contributed by atoms with Crippen LogP contribution in [-0.4, -0.2) is 20.2 Å². The number of hydrogen-bond donors (Lipinski definition) is 2. The quantitative estimate of drug-likeness (QED) is 0.584. The number of rotatable bonds is 11. The van der Waals surface area contributed by atoms with Gasteiger partial charge < -0.3 is 5.32 Å². The minimum absolute atomic E-state index is 0.0206. The molecule has 0 aliphatic heterocycles. The third-order valence-electron chi connectivity index (χ3n) is 3.73. The molecular formula is C18H28N2O4S. The van der Waals surface area contributed by atoms with Crippen molar-refractivity contribution in [3.63, 3.8) is 0 Å². The van der Waals surface area contributed by atoms with Gasteiger partial charge in [0.05, 0.1) is 4.90 Å². The van der Waals surface area contributed by atoms with E-state index in [0.717, 1.165) is 26.2 Å². The van der Waals surface area contributed by atoms with E-state index >= 15 is 0 Å². The molecule has 0 fully saturated rings. The Hall–Kier alpha value is -1.89. The second-order valence-electron chi connectivity index (χ2n) is 6.11. The highest BCUT2D eigenvalue weighted by Gasteiger charge is 2.15. The summed E-state index contributed by atoms with van der Waals surface area (Å²) < 4.78 is 25.5. The highest BCUT2D eigenvalue weighted by atomic mass is 32.2. The summed E-state index contributed by atoms with van der Waals surface area (Å²) in [5, 5.41) is 2.75. The number of amides is 2. The molecule has 2 amide bonds. The van der Waals surface area contributed by atoms with Gasteiger partial charge in [-0.3, -0.25) is 9.59 Å². The number of hydrogen-bond acceptors (Lipinski definition) is 4. The Labute approximate surface area is 150 Å². The first-order chi connectivity index (χ1) is 11.8. The van der Waals surface area contributed by atoms with E-state index in [1.54, 1.807) is 0 Å². The maximum Gasteiger partial charge on any atom is 0.264 e. The molecule has 7 heteroatoms. The topological polar surface area (TPSA) is 92.3 Å². The molecule has 0 aromatic heterocycles. The van der Waals surface area contributed by atoms with Crippen LogP contribution in [0.1, 0.15) is 65.2 Å². The number of sulfonamides is 1. The summed E-state index contributed by atoms with van der Waals surface area (Å²) in [6, 6.07) is 5.73. The Balaban J connectivity index is 2.37. The van der Waals surface area contributed by atoms with Crippen LogP contribution < -0.4 is 10.0 Å². The summed E-state index contributed by atoms with van der Waals surface area (Å²) in [4.78, 5) is 22.8. The van der Waals surface area contributed by atoms with Gasteiger partial charge in [-0.25, -0.2) is 13.1 Å². The first kappa shape index (κ1) is 21.2. The van der Waals surface area contributed by atoms with Crippen LogP contribution in [0.4, 0.5) is 5.69 Å². The number of unbranched alkanes of at least 4 members (excludes halogenated alkanes) is 6. The van der Waals surface area contributed by atoms with Gasteiger partial charge in [0.1, 0.15) is 0 Å². The van der Waals surface area contributed by atoms with Crippen LogP contribution in [0.3, 0.4) is 0 Å². The molecule has 0 atom stereocenters. The summed E-state index contributed by atoms with van der Waals surface area (Å²) in [5.74, 6) is -0.724. The summed E-state index contributed by atoms with van der Waals surface area (Å²) in [5.41, 5.74) is 0.537. The second kappa shape index (κ2) is 10.9. The lowest BCUT2D eigenvalue weighted by molar-refractivity contribution is -0.117. The Morgan fingerprint density at radius 3 is 2.04 bits per heavy atom. The number of nitrogens with one attached hydrogen (secondary N) is 2. The molecule has 0 radical (unpaired) electrons. The molecule has 0 heterocycles. The van der Waals surface area contributed by atoms with E-state index in [1.807, 2.05) is 4.72 Å². The number of carbonyl (C=O) groups excluding carboxylic acids is 2. The van der Waals surface area contributed by atoms with E-state index in [-0.39, 0.29) is 10.8 Å². The van der Waals surface area contributed by atoms with Crippen LogP contribution in [0.25, 0.3) is 0 Å². The van der Waals surface area contributed by atoms with Crippen LogP contribution in [-0.2, 0) is 19.6 Å². The lowest BCUT2D eigenvalue weighted by Gasteiger charge is -2.08. The maximum atomic E-state index is 11.9. The van der Waals surface area contributed by atoms with E-state index in [0.29, 0.717) is 12.1 Å². The zero-order chi connectivity index (χ0) is 18.7. The molecule has 6 nitrogen and oxygen atoms in total. The Kier molecular flexibility index (Phi) is 9.20. The Bertz CT molecular complexity index is 654. The monoisotopic (exact) mass is 368 g/mol. The van der Waals surface area contributed by atoms with Crippen LogP contribution in [0.5, 0.6) is 0 Å². The van der Waals surface area contributed by atoms with Crippen LogP contribution in [0.2, 0.25) is 0 Å². The third-order valence-corrected chi connectivity index (χ3v) is 5.18. The minimum atomic E-state index is -3.84. The van der Waals surface area contributed by atoms with E-state index < -0.39 is 15.9 Å². The molecule has 0 aliphatic rings. The lowest BCUT2D eigenvalue weighted by atomic mass is 10.1. The van der Waals surface area contributed by atoms with Gasteiger partial charge in [0, 0.05) is 19.0 Å². The maximum absolute atomic E-state index is 11.9. The molecular weight excluding hydrogens is 340 g/mol. The van der Waals surface area contributed by atoms with Crippen molar-refractivity contribution in [2.45, 2.75) is 70.1 Å². The van der Waals surface area contributed by atoms with Gasteiger partial charge in [0.2, 0.25) is 11.8 Å². The standard InChI is InChI=1S/C18H28N2O4S/c1-3-4-5-6-7-8-9-10-18(22)19-16-11-13-17(14-12-16)25(23,24)20-15(2)21/h11-14H,3-10H2,1-2H3,(H,19,22)(H,20,21). The smallest absolute Gasteiger partial charge is 0.264 e. The molecule has 1 aromatic carbocycles. The summed E-state index contributed by atoms with van der Waals surface area (Å²) in [6.45, 7) is 3.32. The average molecular weight is 368 g/mol. The number of carbonyl (C=O) groups is 2. The summed E-state index contributed by atoms with van der Waals surface area (Å²) in [7, 11) is -3.84. The normalized spacial score (nSPS) is 11.1. The fourth-order valence-corrected chi connectivity index (χ4v) is 3.42. The van der Waals surface area contributed by atoms with E-state index in [9.17, 15) is 18.0 Å². The van der Waals surface area contributed by atoms with Crippen LogP contribution >= 0.6 is 0 Å². The van der Waals surface area contributed by atoms with Crippen molar-refractivity contribution in [1.82, 2.24) is 4.72 Å². The van der Waals surface area contributed by atoms with Gasteiger partial charge in [-0.2, -0.15) is 0 Å². The molecule has 140 valence electrons. The van der Waals surface area contributed by atoms with Crippen molar-refractivity contribution in [3.8, 4) is 0 Å². The largest absolute Gasteiger partial charge is 0.326 e. The lowest BCUT2D eigenvalue weighted by Crippen LogP contribution is -2.28. The highest BCUT2D eigenvalue weighted by Crippen LogP contribution is 2.15. The molecule has 2 N–H and O–H groups in total. The van der Waals surface area contributed by atoms with E-state index in [1.165, 1.54) is 49.9 Å². The summed E-state index contributed by atoms with van der Waals surface area (Å²) in [6.07, 6.45) is 8.50. The highest BCUT2D eigenvalue weighted by molar-refractivity contribution is 7.90. The Morgan fingerprint density at radius 2 is 1.48 bits per heavy atom. The molecule has 0 spiro atoms. The van der Waals surface area contributed by atoms with Crippen molar-refractivity contribution in [2.75, 3.05) is 5.32 Å². The fourth-order valence-electron chi connectivity index (χ4n) is 2.43. The van der Waals surface area contributed by atoms with Crippen LogP contribution in [0, 0.1) is 0 Å². The third kappa shape index (κ3) is 8.67. The SMILES string of the molecule is CCCCCCCCCC(=O)Nc1ccc(S(=O)(=O)NC(C)=O)cc1. The van der Waals surface area contributed by atoms with Gasteiger partial charge >= 0.3 is 0 Å². The van der Waals surface area contributed by atoms with E-state index in [2.05, 4.69) is 12.2 Å². The van der Waals surface area contributed by atoms with Crippen LogP contribution in [0.15, 0.2) is 29.2 Å². The fraction of sp³-hybridized carbons (Fsp3) is 0.556. The van der Waals surface area contributed by atoms with Gasteiger partial charge in [0.15, 0.2) is 0 Å². The Morgan fingerprint density at radius 1 is 0.920 bits per heavy atom. The zero-order valence-corrected chi connectivity index (χ0v) is 15.8.